The fourth-order valence-corrected chi connectivity index (χ4v) is 2.37. The maximum Gasteiger partial charge on any atom is 0.273 e. The smallest absolute Gasteiger partial charge is 0.273 e. The summed E-state index contributed by atoms with van der Waals surface area (Å²) in [6.45, 7) is 3.03. The summed E-state index contributed by atoms with van der Waals surface area (Å²) in [4.78, 5) is 16.2. The number of aliphatic imine (C=N–C) groups is 1. The van der Waals surface area contributed by atoms with E-state index in [9.17, 15) is 4.79 Å². The Kier molecular flexibility index (Phi) is 5.52. The van der Waals surface area contributed by atoms with Crippen molar-refractivity contribution in [2.45, 2.75) is 6.42 Å². The van der Waals surface area contributed by atoms with Crippen molar-refractivity contribution < 1.29 is 9.32 Å². The number of nitrogens with one attached hydrogen (secondary N) is 2. The molecule has 124 valence electrons. The van der Waals surface area contributed by atoms with Gasteiger partial charge < -0.3 is 15.2 Å². The maximum absolute atomic E-state index is 12.1. The second kappa shape index (κ2) is 8.21. The van der Waals surface area contributed by atoms with E-state index in [1.165, 1.54) is 5.57 Å². The average molecular weight is 324 g/mol. The molecular formula is C18H20N4O2. The van der Waals surface area contributed by atoms with Crippen LogP contribution in [0.2, 0.25) is 0 Å². The van der Waals surface area contributed by atoms with Crippen LogP contribution in [0, 0.1) is 0 Å². The molecule has 0 aliphatic carbocycles. The van der Waals surface area contributed by atoms with Crippen molar-refractivity contribution in [3.63, 3.8) is 0 Å². The van der Waals surface area contributed by atoms with E-state index in [1.54, 1.807) is 6.07 Å². The lowest BCUT2D eigenvalue weighted by atomic mass is 10.1. The number of hydrogen-bond donors (Lipinski definition) is 2. The monoisotopic (exact) mass is 324 g/mol. The number of benzene rings is 1. The first-order valence-corrected chi connectivity index (χ1v) is 8.03. The Morgan fingerprint density at radius 2 is 2.08 bits per heavy atom. The van der Waals surface area contributed by atoms with Crippen LogP contribution >= 0.6 is 0 Å². The summed E-state index contributed by atoms with van der Waals surface area (Å²) in [6, 6.07) is 11.2. The SMILES string of the molecule is O=C(NCCCNCC1=CCN=C1)c1cc(-c2ccccc2)on1. The normalized spacial score (nSPS) is 13.1. The minimum absolute atomic E-state index is 0.216. The van der Waals surface area contributed by atoms with Crippen molar-refractivity contribution in [3.05, 3.63) is 53.7 Å². The molecule has 2 N–H and O–H groups in total. The summed E-state index contributed by atoms with van der Waals surface area (Å²) in [6.07, 6.45) is 4.84. The average Bonchev–Trinajstić information content (AvgIpc) is 3.30. The van der Waals surface area contributed by atoms with Crippen molar-refractivity contribution in [1.29, 1.82) is 0 Å². The highest BCUT2D eigenvalue weighted by molar-refractivity contribution is 5.93. The molecule has 0 saturated heterocycles. The van der Waals surface area contributed by atoms with Crippen molar-refractivity contribution in [2.24, 2.45) is 4.99 Å². The highest BCUT2D eigenvalue weighted by Crippen LogP contribution is 2.19. The lowest BCUT2D eigenvalue weighted by molar-refractivity contribution is 0.0944. The van der Waals surface area contributed by atoms with Gasteiger partial charge in [0.15, 0.2) is 11.5 Å². The van der Waals surface area contributed by atoms with Crippen LogP contribution in [0.5, 0.6) is 0 Å². The van der Waals surface area contributed by atoms with Crippen molar-refractivity contribution in [2.75, 3.05) is 26.2 Å². The molecule has 1 aromatic carbocycles. The van der Waals surface area contributed by atoms with E-state index in [0.29, 0.717) is 18.0 Å². The van der Waals surface area contributed by atoms with Crippen LogP contribution < -0.4 is 10.6 Å². The summed E-state index contributed by atoms with van der Waals surface area (Å²) in [5.41, 5.74) is 2.42. The standard InChI is InChI=1S/C18H20N4O2/c23-18(21-9-4-8-19-12-14-7-10-20-13-14)16-11-17(24-22-16)15-5-2-1-3-6-15/h1-3,5-7,11,13,19H,4,8-10,12H2,(H,21,23). The third-order valence-corrected chi connectivity index (χ3v) is 3.66. The number of nitrogens with zero attached hydrogens (tertiary/aromatic N) is 2. The molecule has 0 unspecified atom stereocenters. The Labute approximate surface area is 140 Å². The van der Waals surface area contributed by atoms with Gasteiger partial charge in [-0.3, -0.25) is 9.79 Å². The minimum Gasteiger partial charge on any atom is -0.355 e. The number of hydrogen-bond acceptors (Lipinski definition) is 5. The molecule has 2 aromatic rings. The molecule has 0 bridgehead atoms. The van der Waals surface area contributed by atoms with Crippen LogP contribution in [0.1, 0.15) is 16.9 Å². The quantitative estimate of drug-likeness (QED) is 0.729. The number of carbonyl (C=O) groups is 1. The fourth-order valence-electron chi connectivity index (χ4n) is 2.37. The molecule has 0 saturated carbocycles. The predicted molar refractivity (Wildman–Crippen MR) is 93.2 cm³/mol. The summed E-state index contributed by atoms with van der Waals surface area (Å²) >= 11 is 0. The van der Waals surface area contributed by atoms with Crippen LogP contribution in [0.15, 0.2) is 57.6 Å². The van der Waals surface area contributed by atoms with Gasteiger partial charge >= 0.3 is 0 Å². The van der Waals surface area contributed by atoms with E-state index in [1.807, 2.05) is 36.5 Å². The predicted octanol–water partition coefficient (Wildman–Crippen LogP) is 2.06. The number of amides is 1. The van der Waals surface area contributed by atoms with E-state index in [4.69, 9.17) is 4.52 Å². The van der Waals surface area contributed by atoms with E-state index < -0.39 is 0 Å². The minimum atomic E-state index is -0.216. The molecule has 0 fully saturated rings. The van der Waals surface area contributed by atoms with Gasteiger partial charge in [0.05, 0.1) is 6.54 Å². The zero-order valence-corrected chi connectivity index (χ0v) is 13.4. The third kappa shape index (κ3) is 4.39. The molecule has 6 heteroatoms. The summed E-state index contributed by atoms with van der Waals surface area (Å²) in [5, 5.41) is 10.0. The Morgan fingerprint density at radius 1 is 1.21 bits per heavy atom. The Morgan fingerprint density at radius 3 is 2.88 bits per heavy atom. The zero-order valence-electron chi connectivity index (χ0n) is 13.4. The van der Waals surface area contributed by atoms with Crippen LogP contribution in [0.3, 0.4) is 0 Å². The lowest BCUT2D eigenvalue weighted by Crippen LogP contribution is -2.28. The van der Waals surface area contributed by atoms with Crippen molar-refractivity contribution >= 4 is 12.1 Å². The molecule has 2 heterocycles. The molecule has 6 nitrogen and oxygen atoms in total. The molecule has 1 aliphatic rings. The van der Waals surface area contributed by atoms with E-state index in [0.717, 1.165) is 31.6 Å². The summed E-state index contributed by atoms with van der Waals surface area (Å²) < 4.78 is 5.23. The molecule has 24 heavy (non-hydrogen) atoms. The molecule has 3 rings (SSSR count). The van der Waals surface area contributed by atoms with Crippen LogP contribution in [-0.2, 0) is 0 Å². The zero-order chi connectivity index (χ0) is 16.6. The van der Waals surface area contributed by atoms with E-state index in [2.05, 4.69) is 26.9 Å². The highest BCUT2D eigenvalue weighted by Gasteiger charge is 2.12. The Hall–Kier alpha value is -2.73. The molecule has 0 atom stereocenters. The van der Waals surface area contributed by atoms with Gasteiger partial charge in [-0.05, 0) is 18.5 Å². The molecule has 1 aromatic heterocycles. The topological polar surface area (TPSA) is 79.5 Å². The van der Waals surface area contributed by atoms with Gasteiger partial charge in [0, 0.05) is 30.9 Å². The van der Waals surface area contributed by atoms with Gasteiger partial charge in [-0.25, -0.2) is 0 Å². The second-order valence-electron chi connectivity index (χ2n) is 5.50. The molecule has 0 spiro atoms. The third-order valence-electron chi connectivity index (χ3n) is 3.66. The van der Waals surface area contributed by atoms with Gasteiger partial charge in [0.1, 0.15) is 0 Å². The van der Waals surface area contributed by atoms with Gasteiger partial charge in [-0.2, -0.15) is 0 Å². The molecular weight excluding hydrogens is 304 g/mol. The van der Waals surface area contributed by atoms with E-state index >= 15 is 0 Å². The first-order valence-electron chi connectivity index (χ1n) is 8.03. The van der Waals surface area contributed by atoms with Crippen molar-refractivity contribution in [3.8, 4) is 11.3 Å². The van der Waals surface area contributed by atoms with Gasteiger partial charge in [-0.1, -0.05) is 41.6 Å². The number of aromatic nitrogens is 1. The first-order chi connectivity index (χ1) is 11.8. The van der Waals surface area contributed by atoms with Gasteiger partial charge in [0.25, 0.3) is 5.91 Å². The van der Waals surface area contributed by atoms with Gasteiger partial charge in [0.2, 0.25) is 0 Å². The summed E-state index contributed by atoms with van der Waals surface area (Å²) in [7, 11) is 0. The Bertz CT molecular complexity index is 734. The van der Waals surface area contributed by atoms with Gasteiger partial charge in [-0.15, -0.1) is 0 Å². The lowest BCUT2D eigenvalue weighted by Gasteiger charge is -2.05. The highest BCUT2D eigenvalue weighted by atomic mass is 16.5. The van der Waals surface area contributed by atoms with Crippen LogP contribution in [0.4, 0.5) is 0 Å². The van der Waals surface area contributed by atoms with Crippen LogP contribution in [0.25, 0.3) is 11.3 Å². The van der Waals surface area contributed by atoms with E-state index in [-0.39, 0.29) is 5.91 Å². The number of rotatable bonds is 8. The maximum atomic E-state index is 12.1. The largest absolute Gasteiger partial charge is 0.355 e. The molecule has 1 amide bonds. The number of carbonyl (C=O) groups excluding carboxylic acids is 1. The summed E-state index contributed by atoms with van der Waals surface area (Å²) in [5.74, 6) is 0.375. The van der Waals surface area contributed by atoms with Crippen LogP contribution in [-0.4, -0.2) is 43.5 Å². The Balaban J connectivity index is 1.38. The molecule has 1 aliphatic heterocycles. The first kappa shape index (κ1) is 16.1. The van der Waals surface area contributed by atoms with Crippen molar-refractivity contribution in [1.82, 2.24) is 15.8 Å². The fraction of sp³-hybridized carbons (Fsp3) is 0.278. The molecule has 0 radical (unpaired) electrons. The second-order valence-corrected chi connectivity index (χ2v) is 5.50.